The van der Waals surface area contributed by atoms with Crippen molar-refractivity contribution < 1.29 is 23.1 Å². The normalized spacial score (nSPS) is 27.2. The Labute approximate surface area is 166 Å². The number of halogens is 3. The molecule has 6 nitrogen and oxygen atoms in total. The smallest absolute Gasteiger partial charge is 0.382 e. The lowest BCUT2D eigenvalue weighted by Gasteiger charge is -2.43. The van der Waals surface area contributed by atoms with E-state index >= 15 is 0 Å². The van der Waals surface area contributed by atoms with Crippen LogP contribution >= 0.6 is 0 Å². The Kier molecular flexibility index (Phi) is 4.90. The average molecular weight is 408 g/mol. The van der Waals surface area contributed by atoms with Crippen molar-refractivity contribution >= 4 is 11.6 Å². The van der Waals surface area contributed by atoms with E-state index in [1.807, 2.05) is 11.6 Å². The zero-order valence-electron chi connectivity index (χ0n) is 16.0. The van der Waals surface area contributed by atoms with Crippen LogP contribution in [0.3, 0.4) is 0 Å². The Bertz CT molecular complexity index is 897. The van der Waals surface area contributed by atoms with E-state index in [1.165, 1.54) is 12.1 Å². The number of rotatable bonds is 4. The summed E-state index contributed by atoms with van der Waals surface area (Å²) in [7, 11) is 1.84. The highest BCUT2D eigenvalue weighted by molar-refractivity contribution is 5.92. The summed E-state index contributed by atoms with van der Waals surface area (Å²) in [4.78, 5) is 18.8. The fraction of sp³-hybridized carbons (Fsp3) is 0.500. The molecule has 2 aliphatic heterocycles. The molecule has 1 aromatic carbocycles. The minimum absolute atomic E-state index is 0.0303. The van der Waals surface area contributed by atoms with Gasteiger partial charge in [-0.1, -0.05) is 6.07 Å². The number of hydrogen-bond donors (Lipinski definition) is 2. The zero-order chi connectivity index (χ0) is 20.8. The van der Waals surface area contributed by atoms with Crippen molar-refractivity contribution in [1.82, 2.24) is 14.5 Å². The first-order chi connectivity index (χ1) is 13.7. The Hall–Kier alpha value is -2.39. The first kappa shape index (κ1) is 19.9. The molecule has 29 heavy (non-hydrogen) atoms. The van der Waals surface area contributed by atoms with Gasteiger partial charge in [-0.2, -0.15) is 13.2 Å². The highest BCUT2D eigenvalue weighted by Crippen LogP contribution is 2.45. The number of carbonyl (C=O) groups is 1. The van der Waals surface area contributed by atoms with Crippen molar-refractivity contribution in [2.24, 2.45) is 7.05 Å². The number of carbonyl (C=O) groups excluding carboxylic acids is 1. The van der Waals surface area contributed by atoms with Gasteiger partial charge in [0, 0.05) is 37.2 Å². The van der Waals surface area contributed by atoms with Crippen LogP contribution < -0.4 is 5.32 Å². The van der Waals surface area contributed by atoms with Crippen LogP contribution in [0.4, 0.5) is 18.9 Å². The van der Waals surface area contributed by atoms with Crippen LogP contribution in [0.15, 0.2) is 36.7 Å². The third-order valence-corrected chi connectivity index (χ3v) is 5.96. The Morgan fingerprint density at radius 2 is 2.00 bits per heavy atom. The first-order valence-corrected chi connectivity index (χ1v) is 9.59. The molecule has 4 rings (SSSR count). The number of aliphatic hydroxyl groups is 1. The van der Waals surface area contributed by atoms with Gasteiger partial charge in [-0.3, -0.25) is 9.69 Å². The zero-order valence-corrected chi connectivity index (χ0v) is 16.0. The molecule has 1 aromatic heterocycles. The summed E-state index contributed by atoms with van der Waals surface area (Å²) in [5.41, 5.74) is -1.70. The second kappa shape index (κ2) is 7.14. The number of piperidine rings is 1. The minimum Gasteiger partial charge on any atom is -0.382 e. The van der Waals surface area contributed by atoms with Gasteiger partial charge in [-0.25, -0.2) is 4.98 Å². The minimum atomic E-state index is -4.46. The van der Waals surface area contributed by atoms with Crippen molar-refractivity contribution in [3.63, 3.8) is 0 Å². The Balaban J connectivity index is 1.42. The lowest BCUT2D eigenvalue weighted by Crippen LogP contribution is -2.52. The van der Waals surface area contributed by atoms with Gasteiger partial charge in [0.25, 0.3) is 0 Å². The molecular formula is C20H23F3N4O2. The summed E-state index contributed by atoms with van der Waals surface area (Å²) in [5.74, 6) is 0.270. The maximum absolute atomic E-state index is 12.9. The SMILES string of the molecule is Cn1ccnc1C1(O)C[C@H]2CC[C@@H](C1)N2CC(=O)Nc1cccc(C(F)(F)F)c1. The van der Waals surface area contributed by atoms with Gasteiger partial charge in [0.2, 0.25) is 5.91 Å². The van der Waals surface area contributed by atoms with E-state index in [-0.39, 0.29) is 30.2 Å². The molecule has 2 fully saturated rings. The molecule has 1 unspecified atom stereocenters. The third kappa shape index (κ3) is 3.89. The Morgan fingerprint density at radius 3 is 2.59 bits per heavy atom. The average Bonchev–Trinajstić information content (AvgIpc) is 3.17. The molecule has 2 N–H and O–H groups in total. The fourth-order valence-corrected chi connectivity index (χ4v) is 4.71. The van der Waals surface area contributed by atoms with Crippen molar-refractivity contribution in [3.05, 3.63) is 48.0 Å². The van der Waals surface area contributed by atoms with Gasteiger partial charge < -0.3 is 15.0 Å². The largest absolute Gasteiger partial charge is 0.416 e. The summed E-state index contributed by atoms with van der Waals surface area (Å²) in [5, 5.41) is 13.7. The Morgan fingerprint density at radius 1 is 1.31 bits per heavy atom. The number of amides is 1. The van der Waals surface area contributed by atoms with Crippen molar-refractivity contribution in [2.45, 2.75) is 49.5 Å². The van der Waals surface area contributed by atoms with Crippen LogP contribution in [0.2, 0.25) is 0 Å². The molecular weight excluding hydrogens is 385 g/mol. The van der Waals surface area contributed by atoms with E-state index in [1.54, 1.807) is 12.4 Å². The number of aryl methyl sites for hydroxylation is 1. The number of nitrogens with zero attached hydrogens (tertiary/aromatic N) is 3. The summed E-state index contributed by atoms with van der Waals surface area (Å²) in [6, 6.07) is 4.68. The van der Waals surface area contributed by atoms with Gasteiger partial charge >= 0.3 is 6.18 Å². The monoisotopic (exact) mass is 408 g/mol. The summed E-state index contributed by atoms with van der Waals surface area (Å²) < 4.78 is 40.4. The molecule has 0 spiro atoms. The molecule has 2 bridgehead atoms. The number of benzene rings is 1. The molecule has 1 amide bonds. The lowest BCUT2D eigenvalue weighted by molar-refractivity contribution is -0.137. The number of alkyl halides is 3. The quantitative estimate of drug-likeness (QED) is 0.816. The number of fused-ring (bicyclic) bond motifs is 2. The predicted molar refractivity (Wildman–Crippen MR) is 99.9 cm³/mol. The topological polar surface area (TPSA) is 70.4 Å². The molecule has 2 aromatic rings. The standard InChI is InChI=1S/C20H23F3N4O2/c1-26-8-7-24-18(26)19(29)10-15-5-6-16(11-19)27(15)12-17(28)25-14-4-2-3-13(9-14)20(21,22)23/h2-4,7-9,15-16,29H,5-6,10-12H2,1H3,(H,25,28)/t15-,16+,19?. The summed E-state index contributed by atoms with van der Waals surface area (Å²) >= 11 is 0. The number of aromatic nitrogens is 2. The molecule has 0 radical (unpaired) electrons. The van der Waals surface area contributed by atoms with Crippen molar-refractivity contribution in [2.75, 3.05) is 11.9 Å². The maximum atomic E-state index is 12.9. The van der Waals surface area contributed by atoms with E-state index in [0.717, 1.165) is 25.0 Å². The van der Waals surface area contributed by atoms with Gasteiger partial charge in [-0.05, 0) is 43.9 Å². The molecule has 156 valence electrons. The van der Waals surface area contributed by atoms with Gasteiger partial charge in [0.1, 0.15) is 11.4 Å². The van der Waals surface area contributed by atoms with E-state index < -0.39 is 17.3 Å². The van der Waals surface area contributed by atoms with E-state index in [0.29, 0.717) is 18.7 Å². The van der Waals surface area contributed by atoms with Crippen LogP contribution in [0, 0.1) is 0 Å². The van der Waals surface area contributed by atoms with Crippen molar-refractivity contribution in [1.29, 1.82) is 0 Å². The van der Waals surface area contributed by atoms with E-state index in [2.05, 4.69) is 15.2 Å². The molecule has 2 saturated heterocycles. The number of anilines is 1. The van der Waals surface area contributed by atoms with Gasteiger partial charge in [0.05, 0.1) is 12.1 Å². The number of hydrogen-bond acceptors (Lipinski definition) is 4. The van der Waals surface area contributed by atoms with E-state index in [4.69, 9.17) is 0 Å². The second-order valence-corrected chi connectivity index (χ2v) is 7.99. The first-order valence-electron chi connectivity index (χ1n) is 9.59. The third-order valence-electron chi connectivity index (χ3n) is 5.96. The van der Waals surface area contributed by atoms with Gasteiger partial charge in [0.15, 0.2) is 0 Å². The van der Waals surface area contributed by atoms with Crippen LogP contribution in [0.1, 0.15) is 37.1 Å². The highest BCUT2D eigenvalue weighted by atomic mass is 19.4. The molecule has 2 aliphatic rings. The predicted octanol–water partition coefficient (Wildman–Crippen LogP) is 2.89. The van der Waals surface area contributed by atoms with Crippen LogP contribution in [0.25, 0.3) is 0 Å². The summed E-state index contributed by atoms with van der Waals surface area (Å²) in [6.45, 7) is 0.0855. The lowest BCUT2D eigenvalue weighted by atomic mass is 9.85. The molecule has 3 heterocycles. The fourth-order valence-electron chi connectivity index (χ4n) is 4.71. The number of nitrogens with one attached hydrogen (secondary N) is 1. The van der Waals surface area contributed by atoms with E-state index in [9.17, 15) is 23.1 Å². The number of imidazole rings is 1. The molecule has 0 aliphatic carbocycles. The second-order valence-electron chi connectivity index (χ2n) is 7.99. The highest BCUT2D eigenvalue weighted by Gasteiger charge is 2.50. The summed E-state index contributed by atoms with van der Waals surface area (Å²) in [6.07, 6.45) is 1.69. The van der Waals surface area contributed by atoms with Crippen LogP contribution in [-0.2, 0) is 23.6 Å². The van der Waals surface area contributed by atoms with Crippen LogP contribution in [-0.4, -0.2) is 44.1 Å². The van der Waals surface area contributed by atoms with Crippen molar-refractivity contribution in [3.8, 4) is 0 Å². The maximum Gasteiger partial charge on any atom is 0.416 e. The molecule has 9 heteroatoms. The molecule has 0 saturated carbocycles. The molecule has 3 atom stereocenters. The van der Waals surface area contributed by atoms with Crippen LogP contribution in [0.5, 0.6) is 0 Å². The van der Waals surface area contributed by atoms with Gasteiger partial charge in [-0.15, -0.1) is 0 Å².